The zero-order valence-electron chi connectivity index (χ0n) is 16.7. The number of benzene rings is 2. The Morgan fingerprint density at radius 3 is 2.43 bits per heavy atom. The number of fused-ring (bicyclic) bond motifs is 1. The van der Waals surface area contributed by atoms with Crippen molar-refractivity contribution in [3.63, 3.8) is 0 Å². The predicted octanol–water partition coefficient (Wildman–Crippen LogP) is 3.38. The van der Waals surface area contributed by atoms with Gasteiger partial charge in [-0.05, 0) is 30.7 Å². The quantitative estimate of drug-likeness (QED) is 0.494. The highest BCUT2D eigenvalue weighted by molar-refractivity contribution is 6.01. The van der Waals surface area contributed by atoms with Crippen molar-refractivity contribution in [3.8, 4) is 0 Å². The Balaban J connectivity index is 1.88. The molecule has 0 spiro atoms. The minimum atomic E-state index is -0.640. The smallest absolute Gasteiger partial charge is 0.340 e. The molecule has 3 aromatic rings. The number of anilines is 2. The fraction of sp³-hybridized carbons (Fsp3) is 0.182. The number of carbonyl (C=O) groups is 3. The number of nitrogens with one attached hydrogen (secondary N) is 2. The van der Waals surface area contributed by atoms with Gasteiger partial charge < -0.3 is 19.8 Å². The molecule has 154 valence electrons. The number of para-hydroxylation sites is 1. The van der Waals surface area contributed by atoms with Gasteiger partial charge in [0.2, 0.25) is 11.8 Å². The summed E-state index contributed by atoms with van der Waals surface area (Å²) in [7, 11) is 0. The number of hydrogen-bond donors (Lipinski definition) is 2. The first-order chi connectivity index (χ1) is 14.2. The summed E-state index contributed by atoms with van der Waals surface area (Å²) >= 11 is 0. The van der Waals surface area contributed by atoms with Crippen molar-refractivity contribution >= 4 is 40.1 Å². The first kappa shape index (κ1) is 20.8. The molecule has 0 saturated carbocycles. The Bertz CT molecular complexity index is 1210. The molecule has 2 aromatic carbocycles. The summed E-state index contributed by atoms with van der Waals surface area (Å²) < 4.78 is 10.6. The highest BCUT2D eigenvalue weighted by Crippen LogP contribution is 2.24. The van der Waals surface area contributed by atoms with Crippen LogP contribution in [0.2, 0.25) is 0 Å². The monoisotopic (exact) mass is 408 g/mol. The summed E-state index contributed by atoms with van der Waals surface area (Å²) in [5.74, 6) is -1.20. The van der Waals surface area contributed by atoms with Crippen LogP contribution in [0.3, 0.4) is 0 Å². The summed E-state index contributed by atoms with van der Waals surface area (Å²) in [5, 5.41) is 5.83. The number of rotatable bonds is 5. The van der Waals surface area contributed by atoms with Crippen molar-refractivity contribution in [1.29, 1.82) is 0 Å². The molecule has 0 aliphatic rings. The van der Waals surface area contributed by atoms with E-state index >= 15 is 0 Å². The van der Waals surface area contributed by atoms with Crippen molar-refractivity contribution in [2.75, 3.05) is 10.6 Å². The SMILES string of the molecule is CC(=O)Nc1ccc2c(COC(=O)c3cccc(C)c3NC(C)=O)cc(=O)oc2c1. The molecule has 0 fully saturated rings. The lowest BCUT2D eigenvalue weighted by Gasteiger charge is -2.13. The van der Waals surface area contributed by atoms with Crippen LogP contribution in [-0.2, 0) is 20.9 Å². The van der Waals surface area contributed by atoms with Gasteiger partial charge in [-0.2, -0.15) is 0 Å². The number of ether oxygens (including phenoxy) is 1. The number of esters is 1. The zero-order chi connectivity index (χ0) is 21.8. The summed E-state index contributed by atoms with van der Waals surface area (Å²) in [4.78, 5) is 47.3. The van der Waals surface area contributed by atoms with Crippen LogP contribution in [0.4, 0.5) is 11.4 Å². The van der Waals surface area contributed by atoms with Gasteiger partial charge in [0, 0.05) is 42.6 Å². The van der Waals surface area contributed by atoms with E-state index in [1.807, 2.05) is 0 Å². The second-order valence-corrected chi connectivity index (χ2v) is 6.74. The Hall–Kier alpha value is -3.94. The Morgan fingerprint density at radius 1 is 1.00 bits per heavy atom. The molecule has 2 N–H and O–H groups in total. The number of hydrogen-bond acceptors (Lipinski definition) is 6. The first-order valence-corrected chi connectivity index (χ1v) is 9.13. The van der Waals surface area contributed by atoms with Crippen LogP contribution < -0.4 is 16.3 Å². The zero-order valence-corrected chi connectivity index (χ0v) is 16.7. The molecule has 1 aromatic heterocycles. The third-order valence-electron chi connectivity index (χ3n) is 4.30. The molecule has 0 atom stereocenters. The summed E-state index contributed by atoms with van der Waals surface area (Å²) in [5.41, 5.74) is 1.90. The lowest BCUT2D eigenvalue weighted by Crippen LogP contribution is -2.14. The third-order valence-corrected chi connectivity index (χ3v) is 4.30. The molecule has 30 heavy (non-hydrogen) atoms. The van der Waals surface area contributed by atoms with Gasteiger partial charge in [0.15, 0.2) is 0 Å². The van der Waals surface area contributed by atoms with E-state index in [1.54, 1.807) is 37.3 Å². The molecule has 8 nitrogen and oxygen atoms in total. The summed E-state index contributed by atoms with van der Waals surface area (Å²) in [6, 6.07) is 11.1. The lowest BCUT2D eigenvalue weighted by molar-refractivity contribution is -0.115. The fourth-order valence-corrected chi connectivity index (χ4v) is 3.03. The standard InChI is InChI=1S/C22H20N2O6/c1-12-5-4-6-18(21(12)24-14(3)26)22(28)29-11-15-9-20(27)30-19-10-16(23-13(2)25)7-8-17(15)19/h4-10H,11H2,1-3H3,(H,23,25)(H,24,26). The Labute approximate surface area is 171 Å². The second kappa shape index (κ2) is 8.60. The molecule has 3 rings (SSSR count). The van der Waals surface area contributed by atoms with E-state index in [2.05, 4.69) is 10.6 Å². The van der Waals surface area contributed by atoms with Crippen LogP contribution in [-0.4, -0.2) is 17.8 Å². The van der Waals surface area contributed by atoms with Gasteiger partial charge in [-0.1, -0.05) is 12.1 Å². The normalized spacial score (nSPS) is 10.5. The predicted molar refractivity (Wildman–Crippen MR) is 111 cm³/mol. The van der Waals surface area contributed by atoms with Gasteiger partial charge in [-0.25, -0.2) is 9.59 Å². The highest BCUT2D eigenvalue weighted by atomic mass is 16.5. The van der Waals surface area contributed by atoms with E-state index in [0.29, 0.717) is 22.3 Å². The third kappa shape index (κ3) is 4.72. The molecule has 0 aliphatic heterocycles. The maximum atomic E-state index is 12.6. The fourth-order valence-electron chi connectivity index (χ4n) is 3.03. The summed E-state index contributed by atoms with van der Waals surface area (Å²) in [6.45, 7) is 4.32. The van der Waals surface area contributed by atoms with Crippen LogP contribution in [0.1, 0.15) is 35.3 Å². The molecular formula is C22H20N2O6. The molecule has 0 radical (unpaired) electrons. The van der Waals surface area contributed by atoms with E-state index in [9.17, 15) is 19.2 Å². The first-order valence-electron chi connectivity index (χ1n) is 9.13. The average molecular weight is 408 g/mol. The largest absolute Gasteiger partial charge is 0.457 e. The number of carbonyl (C=O) groups excluding carboxylic acids is 3. The maximum Gasteiger partial charge on any atom is 0.340 e. The molecule has 0 bridgehead atoms. The molecule has 0 unspecified atom stereocenters. The van der Waals surface area contributed by atoms with E-state index in [1.165, 1.54) is 26.0 Å². The van der Waals surface area contributed by atoms with E-state index in [4.69, 9.17) is 9.15 Å². The van der Waals surface area contributed by atoms with Gasteiger partial charge in [0.05, 0.1) is 11.3 Å². The van der Waals surface area contributed by atoms with Gasteiger partial charge in [-0.3, -0.25) is 9.59 Å². The van der Waals surface area contributed by atoms with Gasteiger partial charge >= 0.3 is 11.6 Å². The van der Waals surface area contributed by atoms with Crippen molar-refractivity contribution in [3.05, 3.63) is 69.6 Å². The second-order valence-electron chi connectivity index (χ2n) is 6.74. The van der Waals surface area contributed by atoms with Crippen molar-refractivity contribution in [1.82, 2.24) is 0 Å². The molecule has 8 heteroatoms. The van der Waals surface area contributed by atoms with Crippen LogP contribution in [0, 0.1) is 6.92 Å². The van der Waals surface area contributed by atoms with Crippen LogP contribution >= 0.6 is 0 Å². The molecule has 1 heterocycles. The van der Waals surface area contributed by atoms with Crippen LogP contribution in [0.15, 0.2) is 51.7 Å². The Morgan fingerprint density at radius 2 is 1.73 bits per heavy atom. The van der Waals surface area contributed by atoms with Crippen LogP contribution in [0.25, 0.3) is 11.0 Å². The number of aryl methyl sites for hydroxylation is 1. The minimum absolute atomic E-state index is 0.173. The van der Waals surface area contributed by atoms with Gasteiger partial charge in [0.1, 0.15) is 12.2 Å². The van der Waals surface area contributed by atoms with E-state index in [0.717, 1.165) is 5.56 Å². The number of amides is 2. The molecule has 0 saturated heterocycles. The lowest BCUT2D eigenvalue weighted by atomic mass is 10.1. The maximum absolute atomic E-state index is 12.6. The van der Waals surface area contributed by atoms with Gasteiger partial charge in [0.25, 0.3) is 0 Å². The average Bonchev–Trinajstić information content (AvgIpc) is 2.66. The van der Waals surface area contributed by atoms with Crippen molar-refractivity contribution in [2.45, 2.75) is 27.4 Å². The molecule has 2 amide bonds. The molecule has 0 aliphatic carbocycles. The van der Waals surface area contributed by atoms with E-state index in [-0.39, 0.29) is 29.6 Å². The van der Waals surface area contributed by atoms with E-state index < -0.39 is 11.6 Å². The summed E-state index contributed by atoms with van der Waals surface area (Å²) in [6.07, 6.45) is 0. The molecular weight excluding hydrogens is 388 g/mol. The topological polar surface area (TPSA) is 115 Å². The Kier molecular flexibility index (Phi) is 5.96. The highest BCUT2D eigenvalue weighted by Gasteiger charge is 2.17. The minimum Gasteiger partial charge on any atom is -0.457 e. The van der Waals surface area contributed by atoms with Crippen molar-refractivity contribution in [2.24, 2.45) is 0 Å². The van der Waals surface area contributed by atoms with Crippen molar-refractivity contribution < 1.29 is 23.5 Å². The van der Waals surface area contributed by atoms with Gasteiger partial charge in [-0.15, -0.1) is 0 Å². The van der Waals surface area contributed by atoms with Crippen LogP contribution in [0.5, 0.6) is 0 Å².